The lowest BCUT2D eigenvalue weighted by Gasteiger charge is -2.35. The number of nitrogens with zero attached hydrogens (tertiary/aromatic N) is 1. The van der Waals surface area contributed by atoms with Gasteiger partial charge in [0.15, 0.2) is 0 Å². The zero-order chi connectivity index (χ0) is 24.9. The summed E-state index contributed by atoms with van der Waals surface area (Å²) < 4.78 is 86.3. The van der Waals surface area contributed by atoms with E-state index in [4.69, 9.17) is 11.6 Å². The molecule has 13 heteroatoms. The molecule has 0 fully saturated rings. The standard InChI is InChI=1S/C21H13ClF6N4O2/c22-13-8-4-7-12(9-13)15-29-16-14(19(31-15,20(23,24)25)21(26,27)28)17(33)30-18(34)32(16)10-11-5-2-1-3-6-11/h1-9H,10H2,(H,29,31)(H,30,33,34)/p+1. The first-order valence-electron chi connectivity index (χ1n) is 9.58. The number of alkyl halides is 6. The predicted molar refractivity (Wildman–Crippen MR) is 111 cm³/mol. The molecule has 3 aromatic rings. The number of fused-ring (bicyclic) bond motifs is 1. The maximum Gasteiger partial charge on any atom is 0.446 e. The molecule has 1 aliphatic rings. The quantitative estimate of drug-likeness (QED) is 0.481. The summed E-state index contributed by atoms with van der Waals surface area (Å²) in [4.78, 5) is 28.1. The second-order valence-electron chi connectivity index (χ2n) is 7.44. The third-order valence-electron chi connectivity index (χ3n) is 5.28. The van der Waals surface area contributed by atoms with Crippen LogP contribution >= 0.6 is 11.6 Å². The van der Waals surface area contributed by atoms with Crippen LogP contribution < -0.4 is 21.6 Å². The maximum atomic E-state index is 14.3. The number of benzene rings is 2. The van der Waals surface area contributed by atoms with Gasteiger partial charge in [-0.05, 0) is 23.8 Å². The molecule has 0 atom stereocenters. The molecule has 0 radical (unpaired) electrons. The van der Waals surface area contributed by atoms with Gasteiger partial charge in [0.25, 0.3) is 11.4 Å². The number of hydrogen-bond acceptors (Lipinski definition) is 3. The zero-order valence-corrected chi connectivity index (χ0v) is 17.6. The lowest BCUT2D eigenvalue weighted by Crippen LogP contribution is -2.97. The van der Waals surface area contributed by atoms with Gasteiger partial charge < -0.3 is 0 Å². The van der Waals surface area contributed by atoms with Crippen molar-refractivity contribution in [2.75, 3.05) is 5.32 Å². The number of anilines is 1. The van der Waals surface area contributed by atoms with Crippen molar-refractivity contribution in [3.63, 3.8) is 0 Å². The van der Waals surface area contributed by atoms with E-state index in [0.717, 1.165) is 6.07 Å². The molecular formula is C21H14ClF6N4O2+. The zero-order valence-electron chi connectivity index (χ0n) is 16.8. The van der Waals surface area contributed by atoms with Gasteiger partial charge in [0.05, 0.1) is 12.1 Å². The van der Waals surface area contributed by atoms with Crippen LogP contribution in [0.3, 0.4) is 0 Å². The third-order valence-corrected chi connectivity index (χ3v) is 5.51. The van der Waals surface area contributed by atoms with Crippen molar-refractivity contribution >= 4 is 23.3 Å². The highest BCUT2D eigenvalue weighted by molar-refractivity contribution is 6.31. The minimum Gasteiger partial charge on any atom is -0.273 e. The van der Waals surface area contributed by atoms with Crippen molar-refractivity contribution in [1.29, 1.82) is 0 Å². The van der Waals surface area contributed by atoms with Crippen LogP contribution in [0.2, 0.25) is 5.02 Å². The molecule has 0 saturated carbocycles. The van der Waals surface area contributed by atoms with Gasteiger partial charge in [-0.3, -0.25) is 14.3 Å². The van der Waals surface area contributed by atoms with Crippen molar-refractivity contribution in [3.05, 3.63) is 97.1 Å². The van der Waals surface area contributed by atoms with Crippen molar-refractivity contribution in [2.24, 2.45) is 0 Å². The molecular weight excluding hydrogens is 490 g/mol. The van der Waals surface area contributed by atoms with Crippen LogP contribution in [0.5, 0.6) is 0 Å². The number of halogens is 7. The van der Waals surface area contributed by atoms with Crippen LogP contribution in [0, 0.1) is 0 Å². The van der Waals surface area contributed by atoms with E-state index in [1.54, 1.807) is 23.2 Å². The second kappa shape index (κ2) is 8.05. The van der Waals surface area contributed by atoms with Crippen LogP contribution in [0.4, 0.5) is 32.2 Å². The minimum atomic E-state index is -6.03. The Morgan fingerprint density at radius 3 is 2.18 bits per heavy atom. The number of H-pyrrole nitrogens is 1. The van der Waals surface area contributed by atoms with Crippen LogP contribution in [-0.4, -0.2) is 27.7 Å². The molecule has 2 heterocycles. The monoisotopic (exact) mass is 503 g/mol. The Bertz CT molecular complexity index is 1380. The Kier molecular flexibility index (Phi) is 5.59. The molecule has 0 bridgehead atoms. The fourth-order valence-electron chi connectivity index (χ4n) is 3.74. The van der Waals surface area contributed by atoms with Crippen molar-refractivity contribution in [1.82, 2.24) is 9.55 Å². The molecule has 4 rings (SSSR count). The average molecular weight is 504 g/mol. The van der Waals surface area contributed by atoms with Crippen LogP contribution in [0.25, 0.3) is 0 Å². The summed E-state index contributed by atoms with van der Waals surface area (Å²) in [5.41, 5.74) is -9.33. The molecule has 1 aromatic heterocycles. The normalized spacial score (nSPS) is 15.3. The fraction of sp³-hybridized carbons (Fsp3) is 0.190. The summed E-state index contributed by atoms with van der Waals surface area (Å²) in [5.74, 6) is -1.68. The highest BCUT2D eigenvalue weighted by Gasteiger charge is 2.78. The maximum absolute atomic E-state index is 14.3. The van der Waals surface area contributed by atoms with E-state index in [-0.39, 0.29) is 10.6 Å². The highest BCUT2D eigenvalue weighted by Crippen LogP contribution is 2.48. The first kappa shape index (κ1) is 23.6. The topological polar surface area (TPSA) is 80.9 Å². The lowest BCUT2D eigenvalue weighted by atomic mass is 9.87. The number of nitrogens with one attached hydrogen (secondary N) is 3. The van der Waals surface area contributed by atoms with Gasteiger partial charge in [-0.25, -0.2) is 15.1 Å². The van der Waals surface area contributed by atoms with Crippen LogP contribution in [0.15, 0.2) is 64.2 Å². The van der Waals surface area contributed by atoms with Crippen LogP contribution in [0.1, 0.15) is 16.7 Å². The third kappa shape index (κ3) is 3.77. The van der Waals surface area contributed by atoms with Gasteiger partial charge in [-0.1, -0.05) is 48.0 Å². The molecule has 2 aromatic carbocycles. The predicted octanol–water partition coefficient (Wildman–Crippen LogP) is 2.51. The summed E-state index contributed by atoms with van der Waals surface area (Å²) in [6.45, 7) is -0.416. The SMILES string of the molecule is O=c1[nH]c(=O)n(Cc2ccccc2)c2c1C(C(F)(F)F)(C(F)(F)F)[NH+]=C(c1cccc(Cl)c1)N2. The van der Waals surface area contributed by atoms with E-state index < -0.39 is 52.9 Å². The summed E-state index contributed by atoms with van der Waals surface area (Å²) in [6.07, 6.45) is -12.1. The summed E-state index contributed by atoms with van der Waals surface area (Å²) in [6, 6.07) is 12.9. The lowest BCUT2D eigenvalue weighted by molar-refractivity contribution is -0.658. The fourth-order valence-corrected chi connectivity index (χ4v) is 3.93. The first-order valence-corrected chi connectivity index (χ1v) is 9.96. The molecule has 0 amide bonds. The number of hydrogen-bond donors (Lipinski definition) is 3. The highest BCUT2D eigenvalue weighted by atomic mass is 35.5. The van der Waals surface area contributed by atoms with Gasteiger partial charge in [0.2, 0.25) is 5.82 Å². The Morgan fingerprint density at radius 2 is 1.59 bits per heavy atom. The number of amidine groups is 1. The van der Waals surface area contributed by atoms with E-state index in [9.17, 15) is 35.9 Å². The summed E-state index contributed by atoms with van der Waals surface area (Å²) in [5, 5.41) is 2.44. The second-order valence-corrected chi connectivity index (χ2v) is 7.87. The minimum absolute atomic E-state index is 0.0385. The number of rotatable bonds is 3. The summed E-state index contributed by atoms with van der Waals surface area (Å²) in [7, 11) is 0. The van der Waals surface area contributed by atoms with E-state index in [0.29, 0.717) is 10.1 Å². The molecule has 178 valence electrons. The Hall–Kier alpha value is -3.54. The number of aromatic amines is 1. The van der Waals surface area contributed by atoms with Gasteiger partial charge in [0.1, 0.15) is 5.56 Å². The largest absolute Gasteiger partial charge is 0.446 e. The van der Waals surface area contributed by atoms with Gasteiger partial charge in [0, 0.05) is 5.02 Å². The summed E-state index contributed by atoms with van der Waals surface area (Å²) >= 11 is 5.88. The van der Waals surface area contributed by atoms with E-state index in [1.807, 2.05) is 0 Å². The Morgan fingerprint density at radius 1 is 0.941 bits per heavy atom. The smallest absolute Gasteiger partial charge is 0.273 e. The van der Waals surface area contributed by atoms with Gasteiger partial charge in [-0.2, -0.15) is 26.3 Å². The Labute approximate surface area is 191 Å². The average Bonchev–Trinajstić information content (AvgIpc) is 2.75. The van der Waals surface area contributed by atoms with Gasteiger partial charge in [-0.15, -0.1) is 0 Å². The number of aromatic nitrogens is 2. The molecule has 34 heavy (non-hydrogen) atoms. The molecule has 6 nitrogen and oxygen atoms in total. The van der Waals surface area contributed by atoms with E-state index >= 15 is 0 Å². The van der Waals surface area contributed by atoms with E-state index in [2.05, 4.69) is 5.32 Å². The van der Waals surface area contributed by atoms with E-state index in [1.165, 1.54) is 35.3 Å². The van der Waals surface area contributed by atoms with Crippen molar-refractivity contribution in [3.8, 4) is 0 Å². The molecule has 0 spiro atoms. The molecule has 3 N–H and O–H groups in total. The Balaban J connectivity index is 2.10. The molecule has 0 saturated heterocycles. The first-order chi connectivity index (χ1) is 15.8. The van der Waals surface area contributed by atoms with Gasteiger partial charge >= 0.3 is 23.6 Å². The molecule has 0 unspecified atom stereocenters. The molecule has 0 aliphatic carbocycles. The van der Waals surface area contributed by atoms with Crippen molar-refractivity contribution < 1.29 is 31.3 Å². The van der Waals surface area contributed by atoms with Crippen LogP contribution in [-0.2, 0) is 12.1 Å². The van der Waals surface area contributed by atoms with Crippen molar-refractivity contribution in [2.45, 2.75) is 24.4 Å². The molecule has 1 aliphatic heterocycles.